The minimum Gasteiger partial charge on any atom is -0.348 e. The smallest absolute Gasteiger partial charge is 0.163 e. The number of ether oxygens (including phenoxy) is 2. The van der Waals surface area contributed by atoms with Gasteiger partial charge < -0.3 is 9.47 Å². The lowest BCUT2D eigenvalue weighted by Gasteiger charge is -2.17. The zero-order valence-corrected chi connectivity index (χ0v) is 11.2. The average Bonchev–Trinajstić information content (AvgIpc) is 2.50. The van der Waals surface area contributed by atoms with Crippen LogP contribution in [0.25, 0.3) is 0 Å². The highest BCUT2D eigenvalue weighted by molar-refractivity contribution is 14.1. The van der Waals surface area contributed by atoms with E-state index in [2.05, 4.69) is 46.9 Å². The molecule has 0 N–H and O–H groups in total. The van der Waals surface area contributed by atoms with Crippen molar-refractivity contribution >= 4 is 22.6 Å². The molecule has 1 aromatic carbocycles. The van der Waals surface area contributed by atoms with Gasteiger partial charge in [-0.15, -0.1) is 0 Å². The molecule has 82 valence electrons. The molecular formula is C12H15IO2. The molecule has 0 amide bonds. The van der Waals surface area contributed by atoms with Crippen molar-refractivity contribution in [2.45, 2.75) is 32.2 Å². The Morgan fingerprint density at radius 3 is 2.53 bits per heavy atom. The van der Waals surface area contributed by atoms with Crippen LogP contribution in [0.1, 0.15) is 19.4 Å². The van der Waals surface area contributed by atoms with Gasteiger partial charge in [-0.1, -0.05) is 12.1 Å². The first-order chi connectivity index (χ1) is 7.05. The fourth-order valence-corrected chi connectivity index (χ4v) is 2.11. The summed E-state index contributed by atoms with van der Waals surface area (Å²) in [5.41, 5.74) is 1.31. The van der Waals surface area contributed by atoms with Crippen molar-refractivity contribution in [3.05, 3.63) is 33.4 Å². The van der Waals surface area contributed by atoms with Crippen molar-refractivity contribution in [1.29, 1.82) is 0 Å². The maximum Gasteiger partial charge on any atom is 0.163 e. The summed E-state index contributed by atoms with van der Waals surface area (Å²) in [6, 6.07) is 8.54. The third-order valence-electron chi connectivity index (χ3n) is 2.44. The van der Waals surface area contributed by atoms with Crippen molar-refractivity contribution < 1.29 is 9.47 Å². The van der Waals surface area contributed by atoms with E-state index in [-0.39, 0.29) is 6.10 Å². The van der Waals surface area contributed by atoms with Gasteiger partial charge in [-0.05, 0) is 54.1 Å². The number of benzene rings is 1. The van der Waals surface area contributed by atoms with Gasteiger partial charge in [-0.2, -0.15) is 0 Å². The van der Waals surface area contributed by atoms with E-state index in [0.717, 1.165) is 6.42 Å². The molecule has 1 atom stereocenters. The second kappa shape index (κ2) is 4.39. The number of halogens is 1. The minimum absolute atomic E-state index is 0.195. The molecule has 2 nitrogen and oxygen atoms in total. The van der Waals surface area contributed by atoms with Crippen molar-refractivity contribution in [2.24, 2.45) is 0 Å². The van der Waals surface area contributed by atoms with E-state index >= 15 is 0 Å². The molecule has 1 heterocycles. The van der Waals surface area contributed by atoms with Gasteiger partial charge in [0.05, 0.1) is 12.7 Å². The van der Waals surface area contributed by atoms with Gasteiger partial charge in [0.15, 0.2) is 5.79 Å². The Labute approximate surface area is 104 Å². The summed E-state index contributed by atoms with van der Waals surface area (Å²) in [5, 5.41) is 0. The van der Waals surface area contributed by atoms with E-state index in [0.29, 0.717) is 6.61 Å². The fraction of sp³-hybridized carbons (Fsp3) is 0.500. The van der Waals surface area contributed by atoms with Gasteiger partial charge in [0, 0.05) is 9.99 Å². The summed E-state index contributed by atoms with van der Waals surface area (Å²) in [7, 11) is 0. The molecular weight excluding hydrogens is 303 g/mol. The van der Waals surface area contributed by atoms with E-state index in [1.807, 2.05) is 13.8 Å². The van der Waals surface area contributed by atoms with E-state index < -0.39 is 5.79 Å². The zero-order valence-electron chi connectivity index (χ0n) is 9.00. The van der Waals surface area contributed by atoms with E-state index in [1.54, 1.807) is 0 Å². The van der Waals surface area contributed by atoms with Crippen LogP contribution in [0.4, 0.5) is 0 Å². The van der Waals surface area contributed by atoms with Crippen LogP contribution in [0.15, 0.2) is 24.3 Å². The molecule has 0 aliphatic carbocycles. The molecule has 1 aliphatic heterocycles. The summed E-state index contributed by atoms with van der Waals surface area (Å²) in [6.45, 7) is 4.61. The number of rotatable bonds is 2. The van der Waals surface area contributed by atoms with E-state index in [1.165, 1.54) is 9.13 Å². The maximum atomic E-state index is 5.76. The largest absolute Gasteiger partial charge is 0.348 e. The fourth-order valence-electron chi connectivity index (χ4n) is 1.75. The van der Waals surface area contributed by atoms with Crippen molar-refractivity contribution in [1.82, 2.24) is 0 Å². The summed E-state index contributed by atoms with van der Waals surface area (Å²) >= 11 is 2.31. The molecule has 0 spiro atoms. The second-order valence-corrected chi connectivity index (χ2v) is 5.53. The second-order valence-electron chi connectivity index (χ2n) is 4.28. The van der Waals surface area contributed by atoms with Crippen LogP contribution in [-0.2, 0) is 15.9 Å². The lowest BCUT2D eigenvalue weighted by molar-refractivity contribution is -0.138. The monoisotopic (exact) mass is 318 g/mol. The van der Waals surface area contributed by atoms with Crippen LogP contribution in [0.5, 0.6) is 0 Å². The van der Waals surface area contributed by atoms with E-state index in [9.17, 15) is 0 Å². The van der Waals surface area contributed by atoms with Gasteiger partial charge >= 0.3 is 0 Å². The summed E-state index contributed by atoms with van der Waals surface area (Å²) in [6.07, 6.45) is 1.13. The molecule has 3 heteroatoms. The van der Waals surface area contributed by atoms with E-state index in [4.69, 9.17) is 9.47 Å². The molecule has 1 aliphatic rings. The van der Waals surface area contributed by atoms with Gasteiger partial charge in [0.25, 0.3) is 0 Å². The quantitative estimate of drug-likeness (QED) is 0.781. The number of hydrogen-bond acceptors (Lipinski definition) is 2. The predicted octanol–water partition coefficient (Wildman–Crippen LogP) is 2.99. The summed E-state index contributed by atoms with van der Waals surface area (Å²) in [5.74, 6) is -0.409. The van der Waals surface area contributed by atoms with Gasteiger partial charge in [0.2, 0.25) is 0 Å². The van der Waals surface area contributed by atoms with Crippen molar-refractivity contribution in [2.75, 3.05) is 6.61 Å². The van der Waals surface area contributed by atoms with Crippen LogP contribution in [-0.4, -0.2) is 18.5 Å². The molecule has 15 heavy (non-hydrogen) atoms. The SMILES string of the molecule is CC1(C)OCC(Cc2ccc(I)cc2)O1. The van der Waals surface area contributed by atoms with Crippen LogP contribution in [0.3, 0.4) is 0 Å². The highest BCUT2D eigenvalue weighted by atomic mass is 127. The molecule has 0 saturated carbocycles. The zero-order chi connectivity index (χ0) is 10.9. The van der Waals surface area contributed by atoms with Crippen LogP contribution >= 0.6 is 22.6 Å². The van der Waals surface area contributed by atoms with Crippen LogP contribution in [0.2, 0.25) is 0 Å². The van der Waals surface area contributed by atoms with Gasteiger partial charge in [0.1, 0.15) is 0 Å². The maximum absolute atomic E-state index is 5.76. The Kier molecular flexibility index (Phi) is 3.33. The highest BCUT2D eigenvalue weighted by Crippen LogP contribution is 2.24. The highest BCUT2D eigenvalue weighted by Gasteiger charge is 2.32. The lowest BCUT2D eigenvalue weighted by atomic mass is 10.1. The van der Waals surface area contributed by atoms with Gasteiger partial charge in [-0.25, -0.2) is 0 Å². The molecule has 1 unspecified atom stereocenters. The Morgan fingerprint density at radius 2 is 2.00 bits per heavy atom. The normalized spacial score (nSPS) is 24.3. The molecule has 1 aromatic rings. The molecule has 0 radical (unpaired) electrons. The lowest BCUT2D eigenvalue weighted by Crippen LogP contribution is -2.22. The first-order valence-electron chi connectivity index (χ1n) is 5.11. The third-order valence-corrected chi connectivity index (χ3v) is 3.16. The standard InChI is InChI=1S/C12H15IO2/c1-12(2)14-8-11(15-12)7-9-3-5-10(13)6-4-9/h3-6,11H,7-8H2,1-2H3. The average molecular weight is 318 g/mol. The Bertz CT molecular complexity index is 332. The number of hydrogen-bond donors (Lipinski definition) is 0. The minimum atomic E-state index is -0.409. The van der Waals surface area contributed by atoms with Crippen molar-refractivity contribution in [3.63, 3.8) is 0 Å². The van der Waals surface area contributed by atoms with Gasteiger partial charge in [-0.3, -0.25) is 0 Å². The Balaban J connectivity index is 1.96. The van der Waals surface area contributed by atoms with Crippen molar-refractivity contribution in [3.8, 4) is 0 Å². The Hall–Kier alpha value is -0.130. The van der Waals surface area contributed by atoms with Crippen LogP contribution < -0.4 is 0 Å². The molecule has 1 fully saturated rings. The molecule has 2 rings (SSSR count). The van der Waals surface area contributed by atoms with Crippen LogP contribution in [0, 0.1) is 3.57 Å². The topological polar surface area (TPSA) is 18.5 Å². The third kappa shape index (κ3) is 3.16. The summed E-state index contributed by atoms with van der Waals surface area (Å²) < 4.78 is 12.5. The molecule has 0 aromatic heterocycles. The predicted molar refractivity (Wildman–Crippen MR) is 67.8 cm³/mol. The first-order valence-corrected chi connectivity index (χ1v) is 6.19. The Morgan fingerprint density at radius 1 is 1.33 bits per heavy atom. The first kappa shape index (κ1) is 11.4. The molecule has 0 bridgehead atoms. The summed E-state index contributed by atoms with van der Waals surface area (Å²) in [4.78, 5) is 0. The molecule has 1 saturated heterocycles.